The van der Waals surface area contributed by atoms with Crippen molar-refractivity contribution in [2.24, 2.45) is 0 Å². The Balaban J connectivity index is 1.63. The van der Waals surface area contributed by atoms with Gasteiger partial charge in [0.25, 0.3) is 5.91 Å². The second-order valence-corrected chi connectivity index (χ2v) is 7.35. The number of hydrogen-bond donors (Lipinski definition) is 2. The number of anilines is 2. The number of benzene rings is 2. The minimum atomic E-state index is -0.792. The lowest BCUT2D eigenvalue weighted by Crippen LogP contribution is -2.32. The van der Waals surface area contributed by atoms with Gasteiger partial charge in [0.2, 0.25) is 5.95 Å². The third-order valence-corrected chi connectivity index (χ3v) is 5.27. The van der Waals surface area contributed by atoms with Gasteiger partial charge in [-0.1, -0.05) is 36.4 Å². The highest BCUT2D eigenvalue weighted by Crippen LogP contribution is 2.37. The summed E-state index contributed by atoms with van der Waals surface area (Å²) in [5.41, 5.74) is 2.68. The van der Waals surface area contributed by atoms with Gasteiger partial charge in [-0.05, 0) is 37.3 Å². The number of pyridine rings is 1. The lowest BCUT2D eigenvalue weighted by Gasteiger charge is -2.28. The number of halogens is 1. The van der Waals surface area contributed by atoms with E-state index in [-0.39, 0.29) is 5.91 Å². The van der Waals surface area contributed by atoms with Gasteiger partial charge in [0.05, 0.1) is 5.57 Å². The average molecular weight is 426 g/mol. The number of carbonyl (C=O) groups is 1. The molecule has 3 heterocycles. The molecule has 2 aromatic heterocycles. The maximum atomic E-state index is 14.9. The van der Waals surface area contributed by atoms with Crippen LogP contribution in [0.5, 0.6) is 0 Å². The minimum absolute atomic E-state index is 0.332. The molecule has 0 spiro atoms. The van der Waals surface area contributed by atoms with Gasteiger partial charge in [-0.3, -0.25) is 9.78 Å². The maximum Gasteiger partial charge on any atom is 0.255 e. The number of aromatic nitrogens is 4. The van der Waals surface area contributed by atoms with Gasteiger partial charge in [0, 0.05) is 34.9 Å². The molecule has 2 aromatic carbocycles. The van der Waals surface area contributed by atoms with Crippen LogP contribution in [0.2, 0.25) is 0 Å². The van der Waals surface area contributed by atoms with E-state index in [0.717, 1.165) is 5.56 Å². The summed E-state index contributed by atoms with van der Waals surface area (Å²) < 4.78 is 16.5. The lowest BCUT2D eigenvalue weighted by atomic mass is 9.94. The standard InChI is InChI=1S/C24H19FN6O/c1-15-20(23(32)28-17-7-3-2-4-8-17)21(18-9-5-6-10-19(18)25)31-24(27-15)29-22(30-31)16-11-13-26-14-12-16/h2-14,21H,1H3,(H,28,32)(H,27,29,30). The van der Waals surface area contributed by atoms with E-state index in [9.17, 15) is 9.18 Å². The van der Waals surface area contributed by atoms with Gasteiger partial charge in [-0.25, -0.2) is 9.07 Å². The van der Waals surface area contributed by atoms with Crippen molar-refractivity contribution in [3.8, 4) is 11.4 Å². The molecule has 0 bridgehead atoms. The monoisotopic (exact) mass is 426 g/mol. The van der Waals surface area contributed by atoms with Crippen molar-refractivity contribution >= 4 is 17.5 Å². The predicted octanol–water partition coefficient (Wildman–Crippen LogP) is 4.41. The largest absolute Gasteiger partial charge is 0.328 e. The van der Waals surface area contributed by atoms with Crippen LogP contribution in [0.25, 0.3) is 11.4 Å². The summed E-state index contributed by atoms with van der Waals surface area (Å²) >= 11 is 0. The van der Waals surface area contributed by atoms with Crippen LogP contribution in [0.3, 0.4) is 0 Å². The molecule has 8 heteroatoms. The Bertz CT molecular complexity index is 1320. The molecular formula is C24H19FN6O. The van der Waals surface area contributed by atoms with Crippen LogP contribution in [0.15, 0.2) is 90.4 Å². The van der Waals surface area contributed by atoms with E-state index in [1.165, 1.54) is 6.07 Å². The number of rotatable bonds is 4. The molecular weight excluding hydrogens is 407 g/mol. The van der Waals surface area contributed by atoms with Gasteiger partial charge >= 0.3 is 0 Å². The first-order chi connectivity index (χ1) is 15.6. The van der Waals surface area contributed by atoms with E-state index < -0.39 is 11.9 Å². The van der Waals surface area contributed by atoms with Crippen molar-refractivity contribution in [3.63, 3.8) is 0 Å². The minimum Gasteiger partial charge on any atom is -0.328 e. The third-order valence-electron chi connectivity index (χ3n) is 5.27. The second-order valence-electron chi connectivity index (χ2n) is 7.35. The number of para-hydroxylation sites is 1. The van der Waals surface area contributed by atoms with Crippen LogP contribution < -0.4 is 10.6 Å². The molecule has 1 amide bonds. The molecule has 0 aliphatic carbocycles. The molecule has 5 rings (SSSR count). The maximum absolute atomic E-state index is 14.9. The summed E-state index contributed by atoms with van der Waals surface area (Å²) in [6, 6.07) is 18.3. The highest BCUT2D eigenvalue weighted by molar-refractivity contribution is 6.06. The van der Waals surface area contributed by atoms with E-state index in [1.807, 2.05) is 18.2 Å². The molecule has 2 N–H and O–H groups in total. The number of nitrogens with zero attached hydrogens (tertiary/aromatic N) is 4. The zero-order valence-corrected chi connectivity index (χ0v) is 17.2. The number of fused-ring (bicyclic) bond motifs is 1. The van der Waals surface area contributed by atoms with Crippen molar-refractivity contribution in [1.29, 1.82) is 0 Å². The van der Waals surface area contributed by atoms with E-state index in [1.54, 1.807) is 66.5 Å². The van der Waals surface area contributed by atoms with Crippen LogP contribution in [-0.4, -0.2) is 25.7 Å². The van der Waals surface area contributed by atoms with Crippen molar-refractivity contribution in [2.75, 3.05) is 10.6 Å². The second kappa shape index (κ2) is 8.07. The van der Waals surface area contributed by atoms with E-state index >= 15 is 0 Å². The smallest absolute Gasteiger partial charge is 0.255 e. The highest BCUT2D eigenvalue weighted by atomic mass is 19.1. The Morgan fingerprint density at radius 2 is 1.75 bits per heavy atom. The van der Waals surface area contributed by atoms with E-state index in [0.29, 0.717) is 34.3 Å². The van der Waals surface area contributed by atoms with Crippen LogP contribution in [0.1, 0.15) is 18.5 Å². The van der Waals surface area contributed by atoms with E-state index in [4.69, 9.17) is 0 Å². The molecule has 1 atom stereocenters. The number of nitrogens with one attached hydrogen (secondary N) is 2. The molecule has 1 aliphatic heterocycles. The molecule has 4 aromatic rings. The number of carbonyl (C=O) groups excluding carboxylic acids is 1. The van der Waals surface area contributed by atoms with Gasteiger partial charge in [-0.15, -0.1) is 5.10 Å². The first-order valence-corrected chi connectivity index (χ1v) is 10.1. The molecule has 32 heavy (non-hydrogen) atoms. The quantitative estimate of drug-likeness (QED) is 0.505. The number of allylic oxidation sites excluding steroid dienone is 1. The Hall–Kier alpha value is -4.33. The third kappa shape index (κ3) is 3.51. The van der Waals surface area contributed by atoms with Crippen molar-refractivity contribution in [1.82, 2.24) is 19.7 Å². The summed E-state index contributed by atoms with van der Waals surface area (Å²) in [5, 5.41) is 10.7. The first kappa shape index (κ1) is 19.6. The highest BCUT2D eigenvalue weighted by Gasteiger charge is 2.35. The molecule has 1 aliphatic rings. The normalized spacial score (nSPS) is 15.1. The molecule has 1 unspecified atom stereocenters. The fourth-order valence-electron chi connectivity index (χ4n) is 3.77. The Morgan fingerprint density at radius 1 is 1.03 bits per heavy atom. The zero-order valence-electron chi connectivity index (χ0n) is 17.2. The predicted molar refractivity (Wildman–Crippen MR) is 119 cm³/mol. The average Bonchev–Trinajstić information content (AvgIpc) is 3.23. The molecule has 0 saturated heterocycles. The summed E-state index contributed by atoms with van der Waals surface area (Å²) in [6.45, 7) is 1.78. The Labute approximate surface area is 183 Å². The molecule has 0 radical (unpaired) electrons. The molecule has 158 valence electrons. The fourth-order valence-corrected chi connectivity index (χ4v) is 3.77. The first-order valence-electron chi connectivity index (χ1n) is 10.1. The summed E-state index contributed by atoms with van der Waals surface area (Å²) in [6.07, 6.45) is 3.30. The molecule has 7 nitrogen and oxygen atoms in total. The van der Waals surface area contributed by atoms with Crippen molar-refractivity contribution in [2.45, 2.75) is 13.0 Å². The van der Waals surface area contributed by atoms with Crippen LogP contribution in [0, 0.1) is 5.82 Å². The molecule has 0 fully saturated rings. The number of amides is 1. The summed E-state index contributed by atoms with van der Waals surface area (Å²) in [5.74, 6) is 0.109. The fraction of sp³-hybridized carbons (Fsp3) is 0.0833. The van der Waals surface area contributed by atoms with Crippen LogP contribution in [0.4, 0.5) is 16.0 Å². The topological polar surface area (TPSA) is 84.7 Å². The van der Waals surface area contributed by atoms with Gasteiger partial charge in [0.1, 0.15) is 11.9 Å². The van der Waals surface area contributed by atoms with E-state index in [2.05, 4.69) is 25.7 Å². The SMILES string of the molecule is CC1=C(C(=O)Nc2ccccc2)C(c2ccccc2F)n2nc(-c3ccncc3)nc2N1. The van der Waals surface area contributed by atoms with Crippen molar-refractivity contribution in [3.05, 3.63) is 102 Å². The zero-order chi connectivity index (χ0) is 22.1. The molecule has 0 saturated carbocycles. The van der Waals surface area contributed by atoms with Gasteiger partial charge in [0.15, 0.2) is 5.82 Å². The van der Waals surface area contributed by atoms with Gasteiger partial charge < -0.3 is 10.6 Å². The van der Waals surface area contributed by atoms with Crippen molar-refractivity contribution < 1.29 is 9.18 Å². The summed E-state index contributed by atoms with van der Waals surface area (Å²) in [7, 11) is 0. The van der Waals surface area contributed by atoms with Gasteiger partial charge in [-0.2, -0.15) is 4.98 Å². The Morgan fingerprint density at radius 3 is 2.50 bits per heavy atom. The number of hydrogen-bond acceptors (Lipinski definition) is 5. The van der Waals surface area contributed by atoms with Crippen LogP contribution in [-0.2, 0) is 4.79 Å². The Kier molecular flexibility index (Phi) is 4.95. The van der Waals surface area contributed by atoms with Crippen LogP contribution >= 0.6 is 0 Å². The lowest BCUT2D eigenvalue weighted by molar-refractivity contribution is -0.113. The summed E-state index contributed by atoms with van der Waals surface area (Å²) in [4.78, 5) is 22.0.